The molecule has 0 aliphatic heterocycles. The van der Waals surface area contributed by atoms with Crippen LogP contribution in [0.15, 0.2) is 0 Å². The molecule has 2 atom stereocenters. The van der Waals surface area contributed by atoms with Gasteiger partial charge in [0.25, 0.3) is 0 Å². The molecule has 2 unspecified atom stereocenters. The SMILES string of the molecule is CCCCC(CC)COC(=O)CCCCC(=O)OCC(CC)CCCC.CCCCCCCCOC(=O)CCCCC(=O)O. The van der Waals surface area contributed by atoms with Gasteiger partial charge in [0, 0.05) is 25.7 Å². The van der Waals surface area contributed by atoms with Gasteiger partial charge in [-0.3, -0.25) is 19.2 Å². The molecule has 1 N–H and O–H groups in total. The molecule has 0 spiro atoms. The number of carbonyl (C=O) groups excluding carboxylic acids is 3. The number of ether oxygens (including phenoxy) is 3. The van der Waals surface area contributed by atoms with Gasteiger partial charge in [0.1, 0.15) is 0 Å². The molecule has 0 amide bonds. The molecule has 0 saturated heterocycles. The van der Waals surface area contributed by atoms with Gasteiger partial charge in [0.2, 0.25) is 0 Å². The van der Waals surface area contributed by atoms with E-state index in [4.69, 9.17) is 19.3 Å². The fraction of sp³-hybridized carbons (Fsp3) is 0.889. The van der Waals surface area contributed by atoms with E-state index in [0.717, 1.165) is 38.5 Å². The highest BCUT2D eigenvalue weighted by Gasteiger charge is 2.12. The number of carbonyl (C=O) groups is 4. The van der Waals surface area contributed by atoms with E-state index in [9.17, 15) is 19.2 Å². The summed E-state index contributed by atoms with van der Waals surface area (Å²) in [6, 6.07) is 0. The highest BCUT2D eigenvalue weighted by molar-refractivity contribution is 5.70. The van der Waals surface area contributed by atoms with Crippen molar-refractivity contribution in [3.05, 3.63) is 0 Å². The minimum absolute atomic E-state index is 0.130. The van der Waals surface area contributed by atoms with Crippen molar-refractivity contribution < 1.29 is 38.5 Å². The predicted molar refractivity (Wildman–Crippen MR) is 177 cm³/mol. The second-order valence-electron chi connectivity index (χ2n) is 12.0. The van der Waals surface area contributed by atoms with Gasteiger partial charge in [0.05, 0.1) is 19.8 Å². The Balaban J connectivity index is 0. The summed E-state index contributed by atoms with van der Waals surface area (Å²) >= 11 is 0. The zero-order chi connectivity index (χ0) is 33.3. The Morgan fingerprint density at radius 1 is 0.477 bits per heavy atom. The molecule has 0 aliphatic rings. The van der Waals surface area contributed by atoms with E-state index in [-0.39, 0.29) is 24.3 Å². The van der Waals surface area contributed by atoms with Crippen LogP contribution in [0.2, 0.25) is 0 Å². The molecule has 8 heteroatoms. The first-order chi connectivity index (χ1) is 21.2. The van der Waals surface area contributed by atoms with Gasteiger partial charge in [-0.15, -0.1) is 0 Å². The zero-order valence-electron chi connectivity index (χ0n) is 29.1. The van der Waals surface area contributed by atoms with Gasteiger partial charge in [0.15, 0.2) is 0 Å². The Morgan fingerprint density at radius 2 is 0.864 bits per heavy atom. The Kier molecular flexibility index (Phi) is 33.8. The number of rotatable bonds is 29. The zero-order valence-corrected chi connectivity index (χ0v) is 29.1. The summed E-state index contributed by atoms with van der Waals surface area (Å²) in [5, 5.41) is 8.42. The summed E-state index contributed by atoms with van der Waals surface area (Å²) in [6.45, 7) is 12.4. The van der Waals surface area contributed by atoms with Crippen molar-refractivity contribution in [3.63, 3.8) is 0 Å². The fourth-order valence-corrected chi connectivity index (χ4v) is 4.59. The number of hydrogen-bond donors (Lipinski definition) is 1. The van der Waals surface area contributed by atoms with E-state index < -0.39 is 5.97 Å². The maximum Gasteiger partial charge on any atom is 0.305 e. The molecule has 0 rings (SSSR count). The molecule has 8 nitrogen and oxygen atoms in total. The first kappa shape index (κ1) is 44.0. The van der Waals surface area contributed by atoms with E-state index in [1.165, 1.54) is 51.4 Å². The standard InChI is InChI=1S/C22H42O4.C14H26O4/c1-5-9-13-19(7-3)17-25-21(23)15-11-12-16-22(24)26-18-20(8-4)14-10-6-2;1-2-3-4-5-6-9-12-18-14(17)11-8-7-10-13(15)16/h19-20H,5-18H2,1-4H3;2-12H2,1H3,(H,15,16). The molecule has 0 radical (unpaired) electrons. The van der Waals surface area contributed by atoms with Crippen LogP contribution in [0.5, 0.6) is 0 Å². The van der Waals surface area contributed by atoms with Gasteiger partial charge in [-0.05, 0) is 56.8 Å². The van der Waals surface area contributed by atoms with Crippen LogP contribution in [0.4, 0.5) is 0 Å². The Morgan fingerprint density at radius 3 is 1.27 bits per heavy atom. The first-order valence-electron chi connectivity index (χ1n) is 17.9. The predicted octanol–water partition coefficient (Wildman–Crippen LogP) is 9.60. The molecular weight excluding hydrogens is 560 g/mol. The Bertz CT molecular complexity index is 660. The van der Waals surface area contributed by atoms with Crippen LogP contribution in [0.3, 0.4) is 0 Å². The van der Waals surface area contributed by atoms with Crippen molar-refractivity contribution in [1.82, 2.24) is 0 Å². The van der Waals surface area contributed by atoms with E-state index in [1.54, 1.807) is 0 Å². The Labute approximate surface area is 269 Å². The van der Waals surface area contributed by atoms with Crippen molar-refractivity contribution in [2.24, 2.45) is 11.8 Å². The molecular formula is C36H68O8. The molecule has 0 aromatic carbocycles. The molecule has 0 bridgehead atoms. The summed E-state index contributed by atoms with van der Waals surface area (Å²) in [5.41, 5.74) is 0. The lowest BCUT2D eigenvalue weighted by atomic mass is 10.0. The number of aliphatic carboxylic acids is 1. The lowest BCUT2D eigenvalue weighted by Crippen LogP contribution is -2.15. The van der Waals surface area contributed by atoms with E-state index in [1.807, 2.05) is 0 Å². The number of esters is 3. The summed E-state index contributed by atoms with van der Waals surface area (Å²) in [7, 11) is 0. The van der Waals surface area contributed by atoms with Crippen molar-refractivity contribution in [2.75, 3.05) is 19.8 Å². The molecule has 0 saturated carbocycles. The van der Waals surface area contributed by atoms with Crippen molar-refractivity contribution in [3.8, 4) is 0 Å². The lowest BCUT2D eigenvalue weighted by Gasteiger charge is -2.15. The van der Waals surface area contributed by atoms with Gasteiger partial charge in [-0.2, -0.15) is 0 Å². The van der Waals surface area contributed by atoms with Gasteiger partial charge < -0.3 is 19.3 Å². The average Bonchev–Trinajstić information content (AvgIpc) is 3.01. The number of carboxylic acids is 1. The van der Waals surface area contributed by atoms with Crippen LogP contribution in [0.25, 0.3) is 0 Å². The number of carboxylic acid groups (broad SMARTS) is 1. The van der Waals surface area contributed by atoms with Crippen LogP contribution in [0.1, 0.15) is 176 Å². The third-order valence-electron chi connectivity index (χ3n) is 7.84. The minimum atomic E-state index is -0.810. The number of hydrogen-bond acceptors (Lipinski definition) is 7. The normalized spacial score (nSPS) is 12.0. The van der Waals surface area contributed by atoms with Crippen LogP contribution >= 0.6 is 0 Å². The molecule has 260 valence electrons. The summed E-state index contributed by atoms with van der Waals surface area (Å²) in [5.74, 6) is -0.330. The maximum absolute atomic E-state index is 11.8. The van der Waals surface area contributed by atoms with Crippen LogP contribution < -0.4 is 0 Å². The summed E-state index contributed by atoms with van der Waals surface area (Å²) in [4.78, 5) is 45.1. The highest BCUT2D eigenvalue weighted by atomic mass is 16.5. The Hall–Kier alpha value is -2.12. The number of unbranched alkanes of at least 4 members (excludes halogenated alkanes) is 9. The van der Waals surface area contributed by atoms with Gasteiger partial charge >= 0.3 is 23.9 Å². The fourth-order valence-electron chi connectivity index (χ4n) is 4.59. The first-order valence-corrected chi connectivity index (χ1v) is 17.9. The summed E-state index contributed by atoms with van der Waals surface area (Å²) in [6.07, 6.45) is 19.9. The molecule has 0 aliphatic carbocycles. The van der Waals surface area contributed by atoms with E-state index >= 15 is 0 Å². The van der Waals surface area contributed by atoms with Crippen molar-refractivity contribution in [1.29, 1.82) is 0 Å². The van der Waals surface area contributed by atoms with Crippen LogP contribution in [-0.2, 0) is 33.4 Å². The van der Waals surface area contributed by atoms with Crippen LogP contribution in [-0.4, -0.2) is 48.8 Å². The van der Waals surface area contributed by atoms with Gasteiger partial charge in [-0.1, -0.05) is 105 Å². The smallest absolute Gasteiger partial charge is 0.305 e. The largest absolute Gasteiger partial charge is 0.481 e. The second kappa shape index (κ2) is 33.8. The molecule has 44 heavy (non-hydrogen) atoms. The third kappa shape index (κ3) is 32.8. The maximum atomic E-state index is 11.8. The molecule has 0 fully saturated rings. The van der Waals surface area contributed by atoms with Crippen molar-refractivity contribution in [2.45, 2.75) is 176 Å². The second-order valence-corrected chi connectivity index (χ2v) is 12.0. The average molecular weight is 629 g/mol. The monoisotopic (exact) mass is 628 g/mol. The molecule has 0 heterocycles. The minimum Gasteiger partial charge on any atom is -0.481 e. The highest BCUT2D eigenvalue weighted by Crippen LogP contribution is 2.15. The third-order valence-corrected chi connectivity index (χ3v) is 7.84. The molecule has 0 aromatic rings. The van der Waals surface area contributed by atoms with Crippen molar-refractivity contribution >= 4 is 23.9 Å². The van der Waals surface area contributed by atoms with Gasteiger partial charge in [-0.25, -0.2) is 0 Å². The molecule has 0 aromatic heterocycles. The lowest BCUT2D eigenvalue weighted by molar-refractivity contribution is -0.147. The van der Waals surface area contributed by atoms with Crippen LogP contribution in [0, 0.1) is 11.8 Å². The topological polar surface area (TPSA) is 116 Å². The van der Waals surface area contributed by atoms with E-state index in [0.29, 0.717) is 76.6 Å². The summed E-state index contributed by atoms with van der Waals surface area (Å²) < 4.78 is 15.8. The van der Waals surface area contributed by atoms with E-state index in [2.05, 4.69) is 34.6 Å². The quantitative estimate of drug-likeness (QED) is 0.0494.